The minimum atomic E-state index is 0.0325. The third-order valence-electron chi connectivity index (χ3n) is 4.26. The van der Waals surface area contributed by atoms with Gasteiger partial charge in [0.15, 0.2) is 0 Å². The summed E-state index contributed by atoms with van der Waals surface area (Å²) in [5.74, 6) is 0. The number of nitrogens with one attached hydrogen (secondary N) is 1. The highest BCUT2D eigenvalue weighted by Gasteiger charge is 2.26. The molecule has 2 aromatic rings. The molecule has 0 amide bonds. The fourth-order valence-electron chi connectivity index (χ4n) is 3.46. The highest BCUT2D eigenvalue weighted by Crippen LogP contribution is 2.25. The van der Waals surface area contributed by atoms with Gasteiger partial charge in [-0.1, -0.05) is 26.0 Å². The standard InChI is InChI=1S/C16H23N3O/c1-3-8-18(9-4-2)13-10-12-6-5-7-14-15(12)19(11-13)16(20)17-14/h5-7,13H,3-4,8-11H2,1-2H3,(H,17,20). The number of imidazole rings is 1. The second-order valence-electron chi connectivity index (χ2n) is 5.75. The third kappa shape index (κ3) is 2.18. The highest BCUT2D eigenvalue weighted by atomic mass is 16.1. The van der Waals surface area contributed by atoms with Crippen LogP contribution in [0.2, 0.25) is 0 Å². The van der Waals surface area contributed by atoms with E-state index in [0.29, 0.717) is 6.04 Å². The van der Waals surface area contributed by atoms with Gasteiger partial charge in [-0.3, -0.25) is 9.47 Å². The Morgan fingerprint density at radius 2 is 2.05 bits per heavy atom. The average Bonchev–Trinajstić information content (AvgIpc) is 2.77. The Morgan fingerprint density at radius 3 is 2.75 bits per heavy atom. The lowest BCUT2D eigenvalue weighted by Crippen LogP contribution is -2.44. The maximum atomic E-state index is 12.1. The summed E-state index contributed by atoms with van der Waals surface area (Å²) in [6.07, 6.45) is 3.37. The van der Waals surface area contributed by atoms with Crippen molar-refractivity contribution in [2.75, 3.05) is 13.1 Å². The van der Waals surface area contributed by atoms with Crippen molar-refractivity contribution in [1.82, 2.24) is 14.5 Å². The second-order valence-corrected chi connectivity index (χ2v) is 5.75. The summed E-state index contributed by atoms with van der Waals surface area (Å²) >= 11 is 0. The molecule has 1 unspecified atom stereocenters. The molecule has 0 fully saturated rings. The maximum absolute atomic E-state index is 12.1. The van der Waals surface area contributed by atoms with Gasteiger partial charge in [0, 0.05) is 12.6 Å². The zero-order valence-corrected chi connectivity index (χ0v) is 12.4. The van der Waals surface area contributed by atoms with E-state index in [-0.39, 0.29) is 5.69 Å². The first-order chi connectivity index (χ1) is 9.74. The molecule has 4 nitrogen and oxygen atoms in total. The van der Waals surface area contributed by atoms with Gasteiger partial charge < -0.3 is 4.98 Å². The molecule has 108 valence electrons. The van der Waals surface area contributed by atoms with Crippen molar-refractivity contribution in [3.8, 4) is 0 Å². The Morgan fingerprint density at radius 1 is 1.30 bits per heavy atom. The van der Waals surface area contributed by atoms with E-state index in [0.717, 1.165) is 49.9 Å². The predicted molar refractivity (Wildman–Crippen MR) is 82.2 cm³/mol. The van der Waals surface area contributed by atoms with Crippen LogP contribution in [0.15, 0.2) is 23.0 Å². The smallest absolute Gasteiger partial charge is 0.306 e. The van der Waals surface area contributed by atoms with E-state index in [4.69, 9.17) is 0 Å². The molecule has 1 aliphatic heterocycles. The van der Waals surface area contributed by atoms with Gasteiger partial charge in [-0.05, 0) is 44.0 Å². The van der Waals surface area contributed by atoms with Gasteiger partial charge in [-0.2, -0.15) is 0 Å². The van der Waals surface area contributed by atoms with Crippen LogP contribution < -0.4 is 5.69 Å². The molecule has 0 bridgehead atoms. The third-order valence-corrected chi connectivity index (χ3v) is 4.26. The van der Waals surface area contributed by atoms with Crippen LogP contribution in [0.1, 0.15) is 32.3 Å². The zero-order valence-electron chi connectivity index (χ0n) is 12.4. The Bertz CT molecular complexity index is 649. The van der Waals surface area contributed by atoms with E-state index in [2.05, 4.69) is 29.8 Å². The molecular weight excluding hydrogens is 250 g/mol. The van der Waals surface area contributed by atoms with Crippen molar-refractivity contribution in [2.45, 2.75) is 45.7 Å². The van der Waals surface area contributed by atoms with Crippen molar-refractivity contribution in [1.29, 1.82) is 0 Å². The molecule has 1 atom stereocenters. The number of aromatic amines is 1. The fourth-order valence-corrected chi connectivity index (χ4v) is 3.46. The number of benzene rings is 1. The summed E-state index contributed by atoms with van der Waals surface area (Å²) in [7, 11) is 0. The Kier molecular flexibility index (Phi) is 3.66. The minimum absolute atomic E-state index is 0.0325. The summed E-state index contributed by atoms with van der Waals surface area (Å²) in [5, 5.41) is 0. The van der Waals surface area contributed by atoms with Gasteiger partial charge in [-0.25, -0.2) is 4.79 Å². The van der Waals surface area contributed by atoms with Crippen LogP contribution in [0, 0.1) is 0 Å². The van der Waals surface area contributed by atoms with Gasteiger partial charge in [0.2, 0.25) is 0 Å². The SMILES string of the molecule is CCCN(CCC)C1Cc2cccc3[nH]c(=O)n(c23)C1. The molecule has 20 heavy (non-hydrogen) atoms. The Hall–Kier alpha value is -1.55. The van der Waals surface area contributed by atoms with Crippen LogP contribution in [0.25, 0.3) is 11.0 Å². The number of para-hydroxylation sites is 1. The first kappa shape index (κ1) is 13.4. The number of hydrogen-bond acceptors (Lipinski definition) is 2. The fraction of sp³-hybridized carbons (Fsp3) is 0.562. The summed E-state index contributed by atoms with van der Waals surface area (Å²) in [6.45, 7) is 7.49. The van der Waals surface area contributed by atoms with Crippen molar-refractivity contribution >= 4 is 11.0 Å². The molecule has 0 radical (unpaired) electrons. The van der Waals surface area contributed by atoms with Crippen molar-refractivity contribution < 1.29 is 0 Å². The molecule has 1 aromatic carbocycles. The monoisotopic (exact) mass is 273 g/mol. The number of hydrogen-bond donors (Lipinski definition) is 1. The van der Waals surface area contributed by atoms with Gasteiger partial charge >= 0.3 is 5.69 Å². The van der Waals surface area contributed by atoms with E-state index >= 15 is 0 Å². The molecular formula is C16H23N3O. The molecule has 0 aliphatic carbocycles. The van der Waals surface area contributed by atoms with E-state index in [9.17, 15) is 4.79 Å². The maximum Gasteiger partial charge on any atom is 0.326 e. The normalized spacial score (nSPS) is 18.1. The molecule has 1 aromatic heterocycles. The van der Waals surface area contributed by atoms with Crippen molar-refractivity contribution in [3.05, 3.63) is 34.2 Å². The van der Waals surface area contributed by atoms with Crippen LogP contribution >= 0.6 is 0 Å². The lowest BCUT2D eigenvalue weighted by atomic mass is 9.99. The first-order valence-corrected chi connectivity index (χ1v) is 7.69. The van der Waals surface area contributed by atoms with Crippen LogP contribution in [0.4, 0.5) is 0 Å². The number of H-pyrrole nitrogens is 1. The molecule has 1 N–H and O–H groups in total. The van der Waals surface area contributed by atoms with Crippen LogP contribution in [-0.2, 0) is 13.0 Å². The lowest BCUT2D eigenvalue weighted by molar-refractivity contribution is 0.173. The van der Waals surface area contributed by atoms with Crippen LogP contribution in [-0.4, -0.2) is 33.6 Å². The van der Waals surface area contributed by atoms with Crippen molar-refractivity contribution in [3.63, 3.8) is 0 Å². The van der Waals surface area contributed by atoms with E-state index in [1.807, 2.05) is 16.7 Å². The van der Waals surface area contributed by atoms with Crippen LogP contribution in [0.3, 0.4) is 0 Å². The second kappa shape index (κ2) is 5.44. The van der Waals surface area contributed by atoms with Gasteiger partial charge in [-0.15, -0.1) is 0 Å². The predicted octanol–water partition coefficient (Wildman–Crippen LogP) is 2.38. The van der Waals surface area contributed by atoms with Gasteiger partial charge in [0.1, 0.15) is 0 Å². The van der Waals surface area contributed by atoms with Gasteiger partial charge in [0.05, 0.1) is 11.0 Å². The molecule has 0 spiro atoms. The highest BCUT2D eigenvalue weighted by molar-refractivity contribution is 5.79. The largest absolute Gasteiger partial charge is 0.326 e. The summed E-state index contributed by atoms with van der Waals surface area (Å²) in [6, 6.07) is 6.65. The Balaban J connectivity index is 1.97. The summed E-state index contributed by atoms with van der Waals surface area (Å²) in [5.41, 5.74) is 3.42. The molecule has 3 rings (SSSR count). The van der Waals surface area contributed by atoms with E-state index in [1.54, 1.807) is 0 Å². The van der Waals surface area contributed by atoms with E-state index in [1.165, 1.54) is 5.56 Å². The van der Waals surface area contributed by atoms with Crippen molar-refractivity contribution in [2.24, 2.45) is 0 Å². The van der Waals surface area contributed by atoms with Crippen LogP contribution in [0.5, 0.6) is 0 Å². The number of rotatable bonds is 5. The topological polar surface area (TPSA) is 41.0 Å². The number of nitrogens with zero attached hydrogens (tertiary/aromatic N) is 2. The summed E-state index contributed by atoms with van der Waals surface area (Å²) < 4.78 is 1.93. The summed E-state index contributed by atoms with van der Waals surface area (Å²) in [4.78, 5) is 17.6. The molecule has 4 heteroatoms. The molecule has 0 saturated carbocycles. The minimum Gasteiger partial charge on any atom is -0.306 e. The van der Waals surface area contributed by atoms with E-state index < -0.39 is 0 Å². The molecule has 2 heterocycles. The lowest BCUT2D eigenvalue weighted by Gasteiger charge is -2.34. The average molecular weight is 273 g/mol. The Labute approximate surface area is 119 Å². The zero-order chi connectivity index (χ0) is 14.1. The molecule has 0 saturated heterocycles. The van der Waals surface area contributed by atoms with Gasteiger partial charge in [0.25, 0.3) is 0 Å². The number of aromatic nitrogens is 2. The first-order valence-electron chi connectivity index (χ1n) is 7.69. The quantitative estimate of drug-likeness (QED) is 0.908. The molecule has 1 aliphatic rings.